The summed E-state index contributed by atoms with van der Waals surface area (Å²) in [5.41, 5.74) is 5.61. The minimum absolute atomic E-state index is 0.0566. The molecule has 1 atom stereocenters. The van der Waals surface area contributed by atoms with E-state index in [0.717, 1.165) is 29.6 Å². The largest absolute Gasteiger partial charge is 0.296 e. The fourth-order valence-electron chi connectivity index (χ4n) is 4.35. The summed E-state index contributed by atoms with van der Waals surface area (Å²) in [7, 11) is 0. The normalized spacial score (nSPS) is 12.8. The van der Waals surface area contributed by atoms with Crippen molar-refractivity contribution >= 4 is 33.2 Å². The third-order valence-corrected chi connectivity index (χ3v) is 6.33. The molecule has 0 saturated heterocycles. The number of hydrogen-bond acceptors (Lipinski definition) is 4. The Bertz CT molecular complexity index is 1510. The van der Waals surface area contributed by atoms with Crippen molar-refractivity contribution in [2.24, 2.45) is 0 Å². The number of aryl methyl sites for hydroxylation is 1. The molecule has 0 unspecified atom stereocenters. The number of hydrogen-bond donors (Lipinski definition) is 0. The molecule has 0 saturated carbocycles. The first kappa shape index (κ1) is 20.4. The molecule has 0 fully saturated rings. The number of para-hydroxylation sites is 2. The molecule has 0 N–H and O–H groups in total. The highest BCUT2D eigenvalue weighted by Gasteiger charge is 2.22. The van der Waals surface area contributed by atoms with Gasteiger partial charge in [-0.1, -0.05) is 45.0 Å². The second-order valence-electron chi connectivity index (χ2n) is 8.44. The second-order valence-corrected chi connectivity index (χ2v) is 8.44. The molecule has 32 heavy (non-hydrogen) atoms. The van der Waals surface area contributed by atoms with Crippen molar-refractivity contribution in [1.29, 1.82) is 0 Å². The van der Waals surface area contributed by atoms with Crippen LogP contribution in [0.1, 0.15) is 50.9 Å². The zero-order chi connectivity index (χ0) is 22.4. The lowest BCUT2D eigenvalue weighted by molar-refractivity contribution is 0.624. The van der Waals surface area contributed by atoms with Crippen LogP contribution in [0.2, 0.25) is 0 Å². The van der Waals surface area contributed by atoms with Crippen LogP contribution in [-0.4, -0.2) is 24.1 Å². The topological polar surface area (TPSA) is 65.6 Å². The van der Waals surface area contributed by atoms with Crippen molar-refractivity contribution in [2.45, 2.75) is 53.0 Å². The van der Waals surface area contributed by atoms with E-state index < -0.39 is 0 Å². The van der Waals surface area contributed by atoms with E-state index >= 15 is 0 Å². The van der Waals surface area contributed by atoms with E-state index in [1.165, 1.54) is 5.56 Å². The maximum absolute atomic E-state index is 13.6. The SMILES string of the molecule is CCCn1c(C)nc2c(c1=O)c1nc3ccccc3nc1n2-c1ccc([C@H](C)CC)cc1. The predicted molar refractivity (Wildman–Crippen MR) is 130 cm³/mol. The van der Waals surface area contributed by atoms with Crippen molar-refractivity contribution in [1.82, 2.24) is 24.1 Å². The third kappa shape index (κ3) is 3.09. The fourth-order valence-corrected chi connectivity index (χ4v) is 4.35. The van der Waals surface area contributed by atoms with Gasteiger partial charge in [-0.3, -0.25) is 13.9 Å². The van der Waals surface area contributed by atoms with Crippen LogP contribution in [0, 0.1) is 6.92 Å². The van der Waals surface area contributed by atoms with Gasteiger partial charge in [0.05, 0.1) is 11.0 Å². The Morgan fingerprint density at radius 3 is 2.25 bits per heavy atom. The minimum Gasteiger partial charge on any atom is -0.296 e. The second kappa shape index (κ2) is 7.86. The van der Waals surface area contributed by atoms with Gasteiger partial charge < -0.3 is 0 Å². The Morgan fingerprint density at radius 1 is 0.906 bits per heavy atom. The van der Waals surface area contributed by atoms with Gasteiger partial charge in [-0.2, -0.15) is 0 Å². The molecule has 0 spiro atoms. The molecule has 0 aliphatic rings. The van der Waals surface area contributed by atoms with Crippen molar-refractivity contribution < 1.29 is 0 Å². The molecule has 0 aliphatic carbocycles. The van der Waals surface area contributed by atoms with Gasteiger partial charge in [-0.05, 0) is 55.5 Å². The lowest BCUT2D eigenvalue weighted by Gasteiger charge is -2.12. The Kier molecular flexibility index (Phi) is 5.00. The van der Waals surface area contributed by atoms with Crippen molar-refractivity contribution in [3.05, 3.63) is 70.3 Å². The summed E-state index contributed by atoms with van der Waals surface area (Å²) in [6.07, 6.45) is 1.95. The van der Waals surface area contributed by atoms with Crippen LogP contribution in [0.4, 0.5) is 0 Å². The number of aromatic nitrogens is 5. The average Bonchev–Trinajstić information content (AvgIpc) is 3.12. The van der Waals surface area contributed by atoms with Gasteiger partial charge in [-0.15, -0.1) is 0 Å². The van der Waals surface area contributed by atoms with Gasteiger partial charge in [0.25, 0.3) is 5.56 Å². The Hall–Kier alpha value is -3.54. The van der Waals surface area contributed by atoms with E-state index in [0.29, 0.717) is 40.5 Å². The van der Waals surface area contributed by atoms with Crippen LogP contribution in [0.3, 0.4) is 0 Å². The molecule has 5 rings (SSSR count). The van der Waals surface area contributed by atoms with Gasteiger partial charge >= 0.3 is 0 Å². The zero-order valence-corrected chi connectivity index (χ0v) is 19.0. The number of rotatable bonds is 5. The summed E-state index contributed by atoms with van der Waals surface area (Å²) in [5.74, 6) is 1.20. The standard InChI is InChI=1S/C26H27N5O/c1-5-15-30-17(4)27-24-22(26(30)32)23-25(29-21-10-8-7-9-20(21)28-23)31(24)19-13-11-18(12-14-19)16(3)6-2/h7-14,16H,5-6,15H2,1-4H3/t16-/m1/s1. The molecule has 0 aliphatic heterocycles. The zero-order valence-electron chi connectivity index (χ0n) is 19.0. The van der Waals surface area contributed by atoms with E-state index in [1.54, 1.807) is 4.57 Å². The summed E-state index contributed by atoms with van der Waals surface area (Å²) in [6.45, 7) is 9.01. The molecular formula is C26H27N5O. The van der Waals surface area contributed by atoms with Crippen LogP contribution in [-0.2, 0) is 6.54 Å². The molecular weight excluding hydrogens is 398 g/mol. The smallest absolute Gasteiger partial charge is 0.265 e. The molecule has 6 heteroatoms. The summed E-state index contributed by atoms with van der Waals surface area (Å²) < 4.78 is 3.73. The van der Waals surface area contributed by atoms with E-state index in [1.807, 2.05) is 35.8 Å². The molecule has 5 aromatic rings. The van der Waals surface area contributed by atoms with Crippen molar-refractivity contribution in [3.8, 4) is 5.69 Å². The number of nitrogens with zero attached hydrogens (tertiary/aromatic N) is 5. The molecule has 3 aromatic heterocycles. The van der Waals surface area contributed by atoms with Crippen LogP contribution in [0.25, 0.3) is 38.9 Å². The quantitative estimate of drug-likeness (QED) is 0.372. The van der Waals surface area contributed by atoms with Gasteiger partial charge in [-0.25, -0.2) is 15.0 Å². The maximum atomic E-state index is 13.6. The summed E-state index contributed by atoms with van der Waals surface area (Å²) in [6, 6.07) is 16.3. The van der Waals surface area contributed by atoms with Gasteiger partial charge in [0, 0.05) is 12.2 Å². The van der Waals surface area contributed by atoms with Crippen LogP contribution in [0.5, 0.6) is 0 Å². The van der Waals surface area contributed by atoms with Gasteiger partial charge in [0.1, 0.15) is 16.7 Å². The lowest BCUT2D eigenvalue weighted by atomic mass is 9.99. The van der Waals surface area contributed by atoms with Crippen LogP contribution in [0.15, 0.2) is 53.3 Å². The average molecular weight is 426 g/mol. The Morgan fingerprint density at radius 2 is 1.59 bits per heavy atom. The first-order valence-corrected chi connectivity index (χ1v) is 11.3. The molecule has 162 valence electrons. The van der Waals surface area contributed by atoms with E-state index in [4.69, 9.17) is 15.0 Å². The molecule has 0 radical (unpaired) electrons. The fraction of sp³-hybridized carbons (Fsp3) is 0.308. The van der Waals surface area contributed by atoms with E-state index in [2.05, 4.69) is 45.0 Å². The molecule has 0 amide bonds. The van der Waals surface area contributed by atoms with Crippen molar-refractivity contribution in [2.75, 3.05) is 0 Å². The molecule has 3 heterocycles. The predicted octanol–water partition coefficient (Wildman–Crippen LogP) is 5.52. The summed E-state index contributed by atoms with van der Waals surface area (Å²) in [4.78, 5) is 28.2. The van der Waals surface area contributed by atoms with Crippen LogP contribution >= 0.6 is 0 Å². The Balaban J connectivity index is 1.90. The lowest BCUT2D eigenvalue weighted by Crippen LogP contribution is -2.24. The number of benzene rings is 2. The number of fused-ring (bicyclic) bond motifs is 4. The van der Waals surface area contributed by atoms with E-state index in [9.17, 15) is 4.79 Å². The van der Waals surface area contributed by atoms with Crippen molar-refractivity contribution in [3.63, 3.8) is 0 Å². The van der Waals surface area contributed by atoms with Gasteiger partial charge in [0.2, 0.25) is 0 Å². The molecule has 0 bridgehead atoms. The highest BCUT2D eigenvalue weighted by Crippen LogP contribution is 2.29. The minimum atomic E-state index is -0.0566. The summed E-state index contributed by atoms with van der Waals surface area (Å²) in [5, 5.41) is 0.531. The van der Waals surface area contributed by atoms with Gasteiger partial charge in [0.15, 0.2) is 11.3 Å². The summed E-state index contributed by atoms with van der Waals surface area (Å²) >= 11 is 0. The highest BCUT2D eigenvalue weighted by molar-refractivity contribution is 6.05. The highest BCUT2D eigenvalue weighted by atomic mass is 16.1. The molecule has 6 nitrogen and oxygen atoms in total. The first-order valence-electron chi connectivity index (χ1n) is 11.3. The maximum Gasteiger partial charge on any atom is 0.265 e. The first-order chi connectivity index (χ1) is 15.5. The van der Waals surface area contributed by atoms with E-state index in [-0.39, 0.29) is 5.56 Å². The van der Waals surface area contributed by atoms with Crippen LogP contribution < -0.4 is 5.56 Å². The third-order valence-electron chi connectivity index (χ3n) is 6.33. The Labute approximate surface area is 186 Å². The monoisotopic (exact) mass is 425 g/mol. The molecule has 2 aromatic carbocycles.